The van der Waals surface area contributed by atoms with E-state index in [2.05, 4.69) is 5.32 Å². The number of amides is 1. The van der Waals surface area contributed by atoms with E-state index in [1.54, 1.807) is 24.3 Å². The second kappa shape index (κ2) is 9.18. The lowest BCUT2D eigenvalue weighted by atomic mass is 10.2. The summed E-state index contributed by atoms with van der Waals surface area (Å²) in [5.41, 5.74) is 0.935. The van der Waals surface area contributed by atoms with Gasteiger partial charge in [-0.2, -0.15) is 0 Å². The molecule has 0 saturated carbocycles. The van der Waals surface area contributed by atoms with Crippen LogP contribution < -0.4 is 14.8 Å². The number of rotatable bonds is 8. The molecule has 1 atom stereocenters. The molecule has 128 valence electrons. The number of halogens is 1. The van der Waals surface area contributed by atoms with Gasteiger partial charge in [0.05, 0.1) is 6.61 Å². The Bertz CT molecular complexity index is 675. The Balaban J connectivity index is 1.97. The molecule has 2 aromatic carbocycles. The highest BCUT2D eigenvalue weighted by Crippen LogP contribution is 2.20. The van der Waals surface area contributed by atoms with Gasteiger partial charge in [-0.05, 0) is 37.6 Å². The van der Waals surface area contributed by atoms with Crippen molar-refractivity contribution >= 4 is 17.5 Å². The van der Waals surface area contributed by atoms with Crippen molar-refractivity contribution in [3.05, 3.63) is 59.1 Å². The van der Waals surface area contributed by atoms with E-state index in [-0.39, 0.29) is 5.91 Å². The fourth-order valence-electron chi connectivity index (χ4n) is 2.27. The monoisotopic (exact) mass is 347 g/mol. The van der Waals surface area contributed by atoms with Gasteiger partial charge in [-0.15, -0.1) is 0 Å². The van der Waals surface area contributed by atoms with Gasteiger partial charge < -0.3 is 14.8 Å². The standard InChI is InChI=1S/C19H22ClNO3/c1-3-17(24-16-10-7-9-15(20)12-16)19(22)21-13-14-8-5-6-11-18(14)23-4-2/h5-12,17H,3-4,13H2,1-2H3,(H,21,22). The second-order valence-corrected chi connectivity index (χ2v) is 5.67. The molecule has 1 unspecified atom stereocenters. The van der Waals surface area contributed by atoms with Crippen LogP contribution in [-0.2, 0) is 11.3 Å². The van der Waals surface area contributed by atoms with Gasteiger partial charge in [0.1, 0.15) is 11.5 Å². The molecular formula is C19H22ClNO3. The van der Waals surface area contributed by atoms with E-state index in [9.17, 15) is 4.79 Å². The van der Waals surface area contributed by atoms with Gasteiger partial charge in [0.25, 0.3) is 5.91 Å². The summed E-state index contributed by atoms with van der Waals surface area (Å²) in [4.78, 5) is 12.4. The summed E-state index contributed by atoms with van der Waals surface area (Å²) in [7, 11) is 0. The van der Waals surface area contributed by atoms with Crippen molar-refractivity contribution in [3.63, 3.8) is 0 Å². The summed E-state index contributed by atoms with van der Waals surface area (Å²) >= 11 is 5.94. The molecule has 24 heavy (non-hydrogen) atoms. The molecule has 0 aromatic heterocycles. The molecular weight excluding hydrogens is 326 g/mol. The number of ether oxygens (including phenoxy) is 2. The van der Waals surface area contributed by atoms with Gasteiger partial charge in [-0.1, -0.05) is 42.8 Å². The van der Waals surface area contributed by atoms with E-state index >= 15 is 0 Å². The quantitative estimate of drug-likeness (QED) is 0.778. The molecule has 4 nitrogen and oxygen atoms in total. The van der Waals surface area contributed by atoms with E-state index in [0.29, 0.717) is 30.3 Å². The highest BCUT2D eigenvalue weighted by atomic mass is 35.5. The average Bonchev–Trinajstić information content (AvgIpc) is 2.59. The molecule has 0 heterocycles. The maximum absolute atomic E-state index is 12.4. The molecule has 0 aliphatic carbocycles. The smallest absolute Gasteiger partial charge is 0.261 e. The van der Waals surface area contributed by atoms with Crippen molar-refractivity contribution in [2.75, 3.05) is 6.61 Å². The number of benzene rings is 2. The first-order valence-electron chi connectivity index (χ1n) is 8.04. The number of nitrogens with one attached hydrogen (secondary N) is 1. The number of para-hydroxylation sites is 1. The lowest BCUT2D eigenvalue weighted by Gasteiger charge is -2.18. The Labute approximate surface area is 147 Å². The van der Waals surface area contributed by atoms with Crippen LogP contribution >= 0.6 is 11.6 Å². The van der Waals surface area contributed by atoms with Crippen LogP contribution in [-0.4, -0.2) is 18.6 Å². The number of hydrogen-bond donors (Lipinski definition) is 1. The molecule has 5 heteroatoms. The van der Waals surface area contributed by atoms with E-state index in [0.717, 1.165) is 11.3 Å². The fourth-order valence-corrected chi connectivity index (χ4v) is 2.45. The third-order valence-corrected chi connectivity index (χ3v) is 3.70. The third kappa shape index (κ3) is 5.17. The normalized spacial score (nSPS) is 11.6. The molecule has 0 bridgehead atoms. The van der Waals surface area contributed by atoms with Crippen LogP contribution in [0.25, 0.3) is 0 Å². The van der Waals surface area contributed by atoms with Crippen LogP contribution in [0.1, 0.15) is 25.8 Å². The Morgan fingerprint density at radius 3 is 2.67 bits per heavy atom. The maximum atomic E-state index is 12.4. The average molecular weight is 348 g/mol. The van der Waals surface area contributed by atoms with Crippen molar-refractivity contribution in [1.82, 2.24) is 5.32 Å². The molecule has 0 radical (unpaired) electrons. The topological polar surface area (TPSA) is 47.6 Å². The molecule has 0 aliphatic rings. The van der Waals surface area contributed by atoms with Gasteiger partial charge in [0.2, 0.25) is 0 Å². The van der Waals surface area contributed by atoms with Gasteiger partial charge in [0.15, 0.2) is 6.10 Å². The Hall–Kier alpha value is -2.20. The minimum absolute atomic E-state index is 0.163. The van der Waals surface area contributed by atoms with E-state index in [1.807, 2.05) is 38.1 Å². The summed E-state index contributed by atoms with van der Waals surface area (Å²) < 4.78 is 11.3. The molecule has 1 amide bonds. The first kappa shape index (κ1) is 18.1. The van der Waals surface area contributed by atoms with Crippen LogP contribution in [0.2, 0.25) is 5.02 Å². The lowest BCUT2D eigenvalue weighted by Crippen LogP contribution is -2.37. The maximum Gasteiger partial charge on any atom is 0.261 e. The molecule has 0 spiro atoms. The van der Waals surface area contributed by atoms with Gasteiger partial charge in [-0.25, -0.2) is 0 Å². The molecule has 0 fully saturated rings. The van der Waals surface area contributed by atoms with Crippen LogP contribution in [0.4, 0.5) is 0 Å². The van der Waals surface area contributed by atoms with Crippen LogP contribution in [0.3, 0.4) is 0 Å². The molecule has 1 N–H and O–H groups in total. The Kier molecular flexibility index (Phi) is 6.94. The van der Waals surface area contributed by atoms with E-state index in [1.165, 1.54) is 0 Å². The van der Waals surface area contributed by atoms with Crippen molar-refractivity contribution in [2.24, 2.45) is 0 Å². The summed E-state index contributed by atoms with van der Waals surface area (Å²) in [6, 6.07) is 14.7. The predicted molar refractivity (Wildman–Crippen MR) is 95.6 cm³/mol. The molecule has 2 rings (SSSR count). The van der Waals surface area contributed by atoms with E-state index in [4.69, 9.17) is 21.1 Å². The minimum Gasteiger partial charge on any atom is -0.494 e. The fraction of sp³-hybridized carbons (Fsp3) is 0.316. The zero-order chi connectivity index (χ0) is 17.4. The van der Waals surface area contributed by atoms with Gasteiger partial charge >= 0.3 is 0 Å². The summed E-state index contributed by atoms with van der Waals surface area (Å²) in [5.74, 6) is 1.20. The van der Waals surface area contributed by atoms with Gasteiger partial charge in [-0.3, -0.25) is 4.79 Å². The predicted octanol–water partition coefficient (Wildman–Crippen LogP) is 4.21. The highest BCUT2D eigenvalue weighted by Gasteiger charge is 2.18. The zero-order valence-electron chi connectivity index (χ0n) is 13.9. The van der Waals surface area contributed by atoms with Crippen molar-refractivity contribution in [3.8, 4) is 11.5 Å². The zero-order valence-corrected chi connectivity index (χ0v) is 14.7. The SMILES string of the molecule is CCOc1ccccc1CNC(=O)C(CC)Oc1cccc(Cl)c1. The van der Waals surface area contributed by atoms with Crippen molar-refractivity contribution < 1.29 is 14.3 Å². The van der Waals surface area contributed by atoms with Crippen LogP contribution in [0.15, 0.2) is 48.5 Å². The molecule has 0 saturated heterocycles. The van der Waals surface area contributed by atoms with Crippen molar-refractivity contribution in [1.29, 1.82) is 0 Å². The first-order valence-corrected chi connectivity index (χ1v) is 8.42. The minimum atomic E-state index is -0.567. The summed E-state index contributed by atoms with van der Waals surface area (Å²) in [5, 5.41) is 3.48. The van der Waals surface area contributed by atoms with Gasteiger partial charge in [0, 0.05) is 17.1 Å². The largest absolute Gasteiger partial charge is 0.494 e. The second-order valence-electron chi connectivity index (χ2n) is 5.23. The number of carbonyl (C=O) groups excluding carboxylic acids is 1. The van der Waals surface area contributed by atoms with E-state index < -0.39 is 6.10 Å². The first-order chi connectivity index (χ1) is 11.6. The lowest BCUT2D eigenvalue weighted by molar-refractivity contribution is -0.128. The number of carbonyl (C=O) groups is 1. The van der Waals surface area contributed by atoms with Crippen LogP contribution in [0.5, 0.6) is 11.5 Å². The molecule has 2 aromatic rings. The van der Waals surface area contributed by atoms with Crippen molar-refractivity contribution in [2.45, 2.75) is 32.9 Å². The third-order valence-electron chi connectivity index (χ3n) is 3.46. The Morgan fingerprint density at radius 1 is 1.17 bits per heavy atom. The van der Waals surface area contributed by atoms with Crippen LogP contribution in [0, 0.1) is 0 Å². The highest BCUT2D eigenvalue weighted by molar-refractivity contribution is 6.30. The number of hydrogen-bond acceptors (Lipinski definition) is 3. The molecule has 0 aliphatic heterocycles. The Morgan fingerprint density at radius 2 is 1.96 bits per heavy atom. The summed E-state index contributed by atoms with van der Waals surface area (Å²) in [6.45, 7) is 4.81. The summed E-state index contributed by atoms with van der Waals surface area (Å²) in [6.07, 6.45) is -0.00596.